The van der Waals surface area contributed by atoms with Gasteiger partial charge in [0.25, 0.3) is 0 Å². The maximum atomic E-state index is 15.3. The largest absolute Gasteiger partial charge is 0.374 e. The van der Waals surface area contributed by atoms with Crippen molar-refractivity contribution < 1.29 is 18.3 Å². The number of rotatable bonds is 6. The third kappa shape index (κ3) is 5.36. The molecule has 2 N–H and O–H groups in total. The number of thioether (sulfide) groups is 1. The molecule has 12 heteroatoms. The van der Waals surface area contributed by atoms with Crippen LogP contribution in [0.25, 0.3) is 22.0 Å². The second-order valence-corrected chi connectivity index (χ2v) is 12.0. The Hall–Kier alpha value is -2.99. The van der Waals surface area contributed by atoms with E-state index in [2.05, 4.69) is 11.6 Å². The van der Waals surface area contributed by atoms with Crippen molar-refractivity contribution in [2.45, 2.75) is 50.4 Å². The highest BCUT2D eigenvalue weighted by Crippen LogP contribution is 2.45. The van der Waals surface area contributed by atoms with Gasteiger partial charge in [0.15, 0.2) is 0 Å². The first-order valence-electron chi connectivity index (χ1n) is 13.4. The minimum atomic E-state index is -0.846. The van der Waals surface area contributed by atoms with Crippen molar-refractivity contribution >= 4 is 46.0 Å². The first-order chi connectivity index (χ1) is 19.5. The Kier molecular flexibility index (Phi) is 8.43. The lowest BCUT2D eigenvalue weighted by Gasteiger charge is -2.44. The number of aromatic nitrogens is 2. The first kappa shape index (κ1) is 29.5. The van der Waals surface area contributed by atoms with E-state index in [1.54, 1.807) is 9.47 Å². The van der Waals surface area contributed by atoms with Crippen molar-refractivity contribution in [3.8, 4) is 11.1 Å². The number of nitrogens with two attached hydrogens (primary N) is 1. The van der Waals surface area contributed by atoms with Gasteiger partial charge in [0.05, 0.1) is 29.8 Å². The minimum Gasteiger partial charge on any atom is -0.374 e. The van der Waals surface area contributed by atoms with Crippen LogP contribution in [0.2, 0.25) is 5.02 Å². The molecular formula is C29H32ClF2N5O3S. The molecule has 218 valence electrons. The monoisotopic (exact) mass is 603 g/mol. The zero-order valence-corrected chi connectivity index (χ0v) is 24.7. The van der Waals surface area contributed by atoms with Gasteiger partial charge in [-0.15, -0.1) is 11.8 Å². The number of piperazine rings is 1. The van der Waals surface area contributed by atoms with E-state index in [0.717, 1.165) is 17.0 Å². The number of carbonyl (C=O) groups excluding carboxylic acids is 1. The number of ether oxygens (including phenoxy) is 1. The molecule has 3 atom stereocenters. The van der Waals surface area contributed by atoms with E-state index in [1.807, 2.05) is 31.7 Å². The number of carbonyl (C=O) groups is 1. The highest BCUT2D eigenvalue weighted by atomic mass is 35.5. The van der Waals surface area contributed by atoms with E-state index >= 15 is 4.39 Å². The Morgan fingerprint density at radius 3 is 2.59 bits per heavy atom. The number of benzene rings is 2. The molecule has 2 aromatic carbocycles. The molecule has 1 saturated heterocycles. The van der Waals surface area contributed by atoms with Crippen LogP contribution < -0.4 is 16.3 Å². The van der Waals surface area contributed by atoms with Crippen LogP contribution in [-0.4, -0.2) is 70.5 Å². The lowest BCUT2D eigenvalue weighted by Crippen LogP contribution is -2.58. The summed E-state index contributed by atoms with van der Waals surface area (Å²) in [5.74, 6) is -0.761. The predicted molar refractivity (Wildman–Crippen MR) is 159 cm³/mol. The van der Waals surface area contributed by atoms with Gasteiger partial charge in [-0.05, 0) is 44.5 Å². The Morgan fingerprint density at radius 1 is 1.22 bits per heavy atom. The van der Waals surface area contributed by atoms with Gasteiger partial charge in [-0.1, -0.05) is 18.2 Å². The molecule has 5 rings (SSSR count). The maximum Gasteiger partial charge on any atom is 0.350 e. The van der Waals surface area contributed by atoms with Crippen molar-refractivity contribution in [3.05, 3.63) is 63.6 Å². The molecule has 8 nitrogen and oxygen atoms in total. The van der Waals surface area contributed by atoms with Gasteiger partial charge in [0.2, 0.25) is 5.91 Å². The summed E-state index contributed by atoms with van der Waals surface area (Å²) in [5.41, 5.74) is 7.22. The summed E-state index contributed by atoms with van der Waals surface area (Å²) in [6.45, 7) is 11.2. The predicted octanol–water partition coefficient (Wildman–Crippen LogP) is 4.36. The summed E-state index contributed by atoms with van der Waals surface area (Å²) < 4.78 is 36.9. The Labute approximate surface area is 246 Å². The van der Waals surface area contributed by atoms with Crippen molar-refractivity contribution in [2.24, 2.45) is 5.73 Å². The van der Waals surface area contributed by atoms with E-state index < -0.39 is 17.3 Å². The fraction of sp³-hybridized carbons (Fsp3) is 0.414. The topological polar surface area (TPSA) is 93.7 Å². The SMILES string of the molecule is C=CC(=O)N1[C@H](C)CN(c2nc(=O)n3c4c(c(-c5cc(Cl)c(F)cc5F)c(C)cc24)SCC(OCCN)C3)C[C@@H]1C. The molecule has 3 heterocycles. The highest BCUT2D eigenvalue weighted by molar-refractivity contribution is 7.99. The summed E-state index contributed by atoms with van der Waals surface area (Å²) in [5, 5.41) is 0.530. The van der Waals surface area contributed by atoms with Gasteiger partial charge in [0, 0.05) is 64.9 Å². The van der Waals surface area contributed by atoms with Gasteiger partial charge in [0.1, 0.15) is 17.5 Å². The summed E-state index contributed by atoms with van der Waals surface area (Å²) in [6.07, 6.45) is 0.971. The van der Waals surface area contributed by atoms with Crippen LogP contribution in [0, 0.1) is 18.6 Å². The first-order valence-corrected chi connectivity index (χ1v) is 14.8. The molecule has 41 heavy (non-hydrogen) atoms. The number of halogens is 3. The molecule has 3 aromatic rings. The molecular weight excluding hydrogens is 572 g/mol. The number of hydrogen-bond donors (Lipinski definition) is 1. The standard InChI is InChI=1S/C29H32ClF2N5O3S/c1-5-24(38)37-16(3)11-35(12-17(37)4)28-20-8-15(2)25(19-9-21(30)23(32)10-22(19)31)27-26(20)36(29(39)34-28)13-18(14-41-27)40-7-6-33/h5,8-10,16-18H,1,6-7,11-14,33H2,2-4H3/t16-,17+,18?. The van der Waals surface area contributed by atoms with Crippen molar-refractivity contribution in [1.82, 2.24) is 14.5 Å². The Balaban J connectivity index is 1.74. The van der Waals surface area contributed by atoms with Crippen molar-refractivity contribution in [3.63, 3.8) is 0 Å². The summed E-state index contributed by atoms with van der Waals surface area (Å²) in [6, 6.07) is 3.65. The normalized spacial score (nSPS) is 20.8. The second-order valence-electron chi connectivity index (χ2n) is 10.5. The van der Waals surface area contributed by atoms with E-state index in [4.69, 9.17) is 22.1 Å². The molecule has 0 aliphatic carbocycles. The number of amides is 1. The number of anilines is 1. The van der Waals surface area contributed by atoms with Crippen LogP contribution in [0.4, 0.5) is 14.6 Å². The highest BCUT2D eigenvalue weighted by Gasteiger charge is 2.35. The quantitative estimate of drug-likeness (QED) is 0.330. The Morgan fingerprint density at radius 2 is 1.93 bits per heavy atom. The molecule has 0 bridgehead atoms. The van der Waals surface area contributed by atoms with Crippen LogP contribution in [0.15, 0.2) is 40.5 Å². The van der Waals surface area contributed by atoms with Crippen LogP contribution in [0.3, 0.4) is 0 Å². The smallest absolute Gasteiger partial charge is 0.350 e. The Bertz CT molecular complexity index is 1590. The fourth-order valence-corrected chi connectivity index (χ4v) is 7.42. The zero-order valence-electron chi connectivity index (χ0n) is 23.1. The molecule has 0 saturated carbocycles. The van der Waals surface area contributed by atoms with Crippen molar-refractivity contribution in [1.29, 1.82) is 0 Å². The molecule has 1 fully saturated rings. The van der Waals surface area contributed by atoms with E-state index in [9.17, 15) is 14.0 Å². The molecule has 0 spiro atoms. The van der Waals surface area contributed by atoms with Crippen LogP contribution in [0.5, 0.6) is 0 Å². The molecule has 1 unspecified atom stereocenters. The van der Waals surface area contributed by atoms with Gasteiger partial charge in [-0.2, -0.15) is 4.98 Å². The zero-order chi connectivity index (χ0) is 29.6. The van der Waals surface area contributed by atoms with E-state index in [0.29, 0.717) is 53.8 Å². The lowest BCUT2D eigenvalue weighted by molar-refractivity contribution is -0.130. The van der Waals surface area contributed by atoms with Crippen LogP contribution in [0.1, 0.15) is 19.4 Å². The van der Waals surface area contributed by atoms with Gasteiger partial charge < -0.3 is 20.3 Å². The summed E-state index contributed by atoms with van der Waals surface area (Å²) in [7, 11) is 0. The van der Waals surface area contributed by atoms with Crippen LogP contribution >= 0.6 is 23.4 Å². The van der Waals surface area contributed by atoms with E-state index in [-0.39, 0.29) is 41.2 Å². The van der Waals surface area contributed by atoms with Gasteiger partial charge >= 0.3 is 5.69 Å². The number of nitrogens with zero attached hydrogens (tertiary/aromatic N) is 4. The molecule has 1 amide bonds. The maximum absolute atomic E-state index is 15.3. The summed E-state index contributed by atoms with van der Waals surface area (Å²) >= 11 is 7.55. The van der Waals surface area contributed by atoms with E-state index in [1.165, 1.54) is 23.9 Å². The average Bonchev–Trinajstić information content (AvgIpc) is 3.12. The third-order valence-electron chi connectivity index (χ3n) is 7.59. The molecule has 0 radical (unpaired) electrons. The third-order valence-corrected chi connectivity index (χ3v) is 9.11. The van der Waals surface area contributed by atoms with Crippen LogP contribution in [-0.2, 0) is 16.1 Å². The molecule has 1 aromatic heterocycles. The number of hydrogen-bond acceptors (Lipinski definition) is 7. The minimum absolute atomic E-state index is 0.147. The lowest BCUT2D eigenvalue weighted by atomic mass is 9.97. The second kappa shape index (κ2) is 11.7. The number of aryl methyl sites for hydroxylation is 1. The average molecular weight is 604 g/mol. The van der Waals surface area contributed by atoms with Crippen molar-refractivity contribution in [2.75, 3.05) is 36.9 Å². The summed E-state index contributed by atoms with van der Waals surface area (Å²) in [4.78, 5) is 35.2. The molecule has 2 aliphatic rings. The fourth-order valence-electron chi connectivity index (χ4n) is 5.93. The van der Waals surface area contributed by atoms with Gasteiger partial charge in [-0.3, -0.25) is 9.36 Å². The van der Waals surface area contributed by atoms with Gasteiger partial charge in [-0.25, -0.2) is 13.6 Å². The molecule has 2 aliphatic heterocycles.